The second-order valence-electron chi connectivity index (χ2n) is 2.75. The summed E-state index contributed by atoms with van der Waals surface area (Å²) < 4.78 is 35.6. The average molecular weight is 165 g/mol. The topological polar surface area (TPSA) is 3.24 Å². The molecule has 1 nitrogen and oxygen atoms in total. The van der Waals surface area contributed by atoms with Crippen LogP contribution in [-0.2, 0) is 0 Å². The van der Waals surface area contributed by atoms with Gasteiger partial charge >= 0.3 is 6.18 Å². The fourth-order valence-corrected chi connectivity index (χ4v) is 1.11. The molecule has 0 aromatic heterocycles. The molecule has 1 aliphatic heterocycles. The number of hydrogen-bond acceptors (Lipinski definition) is 1. The van der Waals surface area contributed by atoms with Crippen molar-refractivity contribution in [3.63, 3.8) is 0 Å². The van der Waals surface area contributed by atoms with Gasteiger partial charge in [0.15, 0.2) is 0 Å². The minimum atomic E-state index is -4.00. The number of likely N-dealkylation sites (tertiary alicyclic amines) is 1. The highest BCUT2D eigenvalue weighted by atomic mass is 19.4. The zero-order valence-electron chi connectivity index (χ0n) is 6.06. The van der Waals surface area contributed by atoms with Crippen LogP contribution >= 0.6 is 0 Å². The minimum absolute atomic E-state index is 0.134. The van der Waals surface area contributed by atoms with Crippen LogP contribution in [-0.4, -0.2) is 30.7 Å². The molecular weight excluding hydrogens is 155 g/mol. The second kappa shape index (κ2) is 2.85. The van der Waals surface area contributed by atoms with Crippen molar-refractivity contribution in [3.05, 3.63) is 12.7 Å². The Balaban J connectivity index is 2.24. The Bertz CT molecular complexity index is 146. The maximum absolute atomic E-state index is 11.9. The van der Waals surface area contributed by atoms with E-state index < -0.39 is 12.1 Å². The fourth-order valence-electron chi connectivity index (χ4n) is 1.11. The summed E-state index contributed by atoms with van der Waals surface area (Å²) in [4.78, 5) is 1.71. The highest BCUT2D eigenvalue weighted by Gasteiger charge is 2.46. The second-order valence-corrected chi connectivity index (χ2v) is 2.75. The first-order chi connectivity index (χ1) is 5.04. The van der Waals surface area contributed by atoms with E-state index in [0.29, 0.717) is 6.54 Å². The molecule has 0 unspecified atom stereocenters. The number of rotatable bonds is 2. The van der Waals surface area contributed by atoms with Crippen molar-refractivity contribution in [3.8, 4) is 0 Å². The van der Waals surface area contributed by atoms with Gasteiger partial charge in [-0.2, -0.15) is 13.2 Å². The van der Waals surface area contributed by atoms with Gasteiger partial charge in [-0.15, -0.1) is 6.58 Å². The third kappa shape index (κ3) is 1.96. The van der Waals surface area contributed by atoms with Gasteiger partial charge in [-0.1, -0.05) is 6.08 Å². The fraction of sp³-hybridized carbons (Fsp3) is 0.714. The summed E-state index contributed by atoms with van der Waals surface area (Å²) >= 11 is 0. The van der Waals surface area contributed by atoms with Crippen molar-refractivity contribution >= 4 is 0 Å². The molecule has 0 N–H and O–H groups in total. The first-order valence-corrected chi connectivity index (χ1v) is 3.44. The zero-order chi connectivity index (χ0) is 8.48. The predicted octanol–water partition coefficient (Wildman–Crippen LogP) is 1.67. The van der Waals surface area contributed by atoms with Crippen molar-refractivity contribution in [1.29, 1.82) is 0 Å². The molecule has 0 aliphatic carbocycles. The number of nitrogens with zero attached hydrogens (tertiary/aromatic N) is 1. The normalized spacial score (nSPS) is 21.4. The third-order valence-corrected chi connectivity index (χ3v) is 1.81. The largest absolute Gasteiger partial charge is 0.394 e. The summed E-state index contributed by atoms with van der Waals surface area (Å²) in [6, 6.07) is 0. The monoisotopic (exact) mass is 165 g/mol. The molecule has 1 aliphatic rings. The van der Waals surface area contributed by atoms with Crippen molar-refractivity contribution in [1.82, 2.24) is 4.90 Å². The van der Waals surface area contributed by atoms with E-state index in [0.717, 1.165) is 0 Å². The molecule has 0 amide bonds. The van der Waals surface area contributed by atoms with E-state index in [2.05, 4.69) is 6.58 Å². The van der Waals surface area contributed by atoms with E-state index >= 15 is 0 Å². The van der Waals surface area contributed by atoms with Crippen molar-refractivity contribution in [2.75, 3.05) is 19.6 Å². The summed E-state index contributed by atoms with van der Waals surface area (Å²) in [5.41, 5.74) is 0. The van der Waals surface area contributed by atoms with E-state index in [4.69, 9.17) is 0 Å². The van der Waals surface area contributed by atoms with Gasteiger partial charge in [0.2, 0.25) is 0 Å². The molecule has 0 saturated carbocycles. The summed E-state index contributed by atoms with van der Waals surface area (Å²) in [7, 11) is 0. The van der Waals surface area contributed by atoms with Gasteiger partial charge in [-0.25, -0.2) is 0 Å². The van der Waals surface area contributed by atoms with E-state index in [1.165, 1.54) is 0 Å². The molecule has 0 radical (unpaired) electrons. The summed E-state index contributed by atoms with van der Waals surface area (Å²) in [5.74, 6) is -1.11. The van der Waals surface area contributed by atoms with Gasteiger partial charge < -0.3 is 0 Å². The highest BCUT2D eigenvalue weighted by Crippen LogP contribution is 2.32. The Hall–Kier alpha value is -0.510. The number of halogens is 3. The Kier molecular flexibility index (Phi) is 2.23. The first kappa shape index (κ1) is 8.59. The smallest absolute Gasteiger partial charge is 0.298 e. The Morgan fingerprint density at radius 1 is 1.45 bits per heavy atom. The molecule has 0 spiro atoms. The van der Waals surface area contributed by atoms with Gasteiger partial charge in [0.1, 0.15) is 0 Å². The van der Waals surface area contributed by atoms with Crippen LogP contribution in [0.25, 0.3) is 0 Å². The van der Waals surface area contributed by atoms with Crippen LogP contribution in [0.15, 0.2) is 12.7 Å². The van der Waals surface area contributed by atoms with Gasteiger partial charge in [0, 0.05) is 19.6 Å². The van der Waals surface area contributed by atoms with E-state index in [1.807, 2.05) is 0 Å². The van der Waals surface area contributed by atoms with Gasteiger partial charge in [0.25, 0.3) is 0 Å². The lowest BCUT2D eigenvalue weighted by molar-refractivity contribution is -0.207. The molecule has 4 heteroatoms. The molecule has 1 fully saturated rings. The van der Waals surface area contributed by atoms with Gasteiger partial charge in [-0.05, 0) is 0 Å². The summed E-state index contributed by atoms with van der Waals surface area (Å²) in [5, 5.41) is 0. The maximum atomic E-state index is 11.9. The van der Waals surface area contributed by atoms with Gasteiger partial charge in [0.05, 0.1) is 5.92 Å². The number of hydrogen-bond donors (Lipinski definition) is 0. The molecule has 0 aromatic rings. The van der Waals surface area contributed by atoms with Gasteiger partial charge in [-0.3, -0.25) is 4.90 Å². The van der Waals surface area contributed by atoms with Crippen LogP contribution in [0.2, 0.25) is 0 Å². The lowest BCUT2D eigenvalue weighted by Gasteiger charge is -2.39. The average Bonchev–Trinajstić information content (AvgIpc) is 1.74. The van der Waals surface area contributed by atoms with Crippen LogP contribution in [0.1, 0.15) is 0 Å². The van der Waals surface area contributed by atoms with E-state index in [-0.39, 0.29) is 13.1 Å². The van der Waals surface area contributed by atoms with E-state index in [1.54, 1.807) is 11.0 Å². The molecule has 0 atom stereocenters. The first-order valence-electron chi connectivity index (χ1n) is 3.44. The van der Waals surface area contributed by atoms with Crippen molar-refractivity contribution in [2.24, 2.45) is 5.92 Å². The molecule has 0 bridgehead atoms. The molecule has 1 rings (SSSR count). The lowest BCUT2D eigenvalue weighted by Crippen LogP contribution is -2.52. The molecule has 11 heavy (non-hydrogen) atoms. The molecule has 1 heterocycles. The zero-order valence-corrected chi connectivity index (χ0v) is 6.06. The molecule has 1 saturated heterocycles. The summed E-state index contributed by atoms with van der Waals surface area (Å²) in [6.45, 7) is 4.28. The SMILES string of the molecule is C=CCN1CC(C(F)(F)F)C1. The summed E-state index contributed by atoms with van der Waals surface area (Å²) in [6.07, 6.45) is -2.38. The Morgan fingerprint density at radius 2 is 2.00 bits per heavy atom. The third-order valence-electron chi connectivity index (χ3n) is 1.81. The lowest BCUT2D eigenvalue weighted by atomic mass is 10.00. The Morgan fingerprint density at radius 3 is 2.36 bits per heavy atom. The molecule has 64 valence electrons. The standard InChI is InChI=1S/C7H10F3N/c1-2-3-11-4-6(5-11)7(8,9)10/h2,6H,1,3-5H2. The molecule has 0 aromatic carbocycles. The van der Waals surface area contributed by atoms with Crippen LogP contribution in [0.5, 0.6) is 0 Å². The number of alkyl halides is 3. The highest BCUT2D eigenvalue weighted by molar-refractivity contribution is 4.88. The van der Waals surface area contributed by atoms with Crippen molar-refractivity contribution in [2.45, 2.75) is 6.18 Å². The molecular formula is C7H10F3N. The Labute approximate surface area is 63.5 Å². The van der Waals surface area contributed by atoms with Crippen molar-refractivity contribution < 1.29 is 13.2 Å². The maximum Gasteiger partial charge on any atom is 0.394 e. The predicted molar refractivity (Wildman–Crippen MR) is 36.2 cm³/mol. The quantitative estimate of drug-likeness (QED) is 0.562. The minimum Gasteiger partial charge on any atom is -0.298 e. The van der Waals surface area contributed by atoms with E-state index in [9.17, 15) is 13.2 Å². The van der Waals surface area contributed by atoms with Crippen LogP contribution < -0.4 is 0 Å². The van der Waals surface area contributed by atoms with Crippen LogP contribution in [0.3, 0.4) is 0 Å². The van der Waals surface area contributed by atoms with Crippen LogP contribution in [0.4, 0.5) is 13.2 Å². The van der Waals surface area contributed by atoms with Crippen LogP contribution in [0, 0.1) is 5.92 Å².